The van der Waals surface area contributed by atoms with Gasteiger partial charge in [-0.25, -0.2) is 0 Å². The first-order valence-electron chi connectivity index (χ1n) is 3.04. The molecule has 5 heteroatoms. The van der Waals surface area contributed by atoms with Crippen molar-refractivity contribution in [1.82, 2.24) is 9.78 Å². The molecule has 0 spiro atoms. The predicted octanol–water partition coefficient (Wildman–Crippen LogP) is 1.64. The normalized spacial score (nSPS) is 11.9. The van der Waals surface area contributed by atoms with E-state index in [1.165, 1.54) is 16.9 Å². The van der Waals surface area contributed by atoms with Gasteiger partial charge in [-0.05, 0) is 6.07 Å². The molecule has 0 N–H and O–H groups in total. The number of aromatic nitrogens is 2. The van der Waals surface area contributed by atoms with Crippen LogP contribution in [0.25, 0.3) is 0 Å². The van der Waals surface area contributed by atoms with Crippen molar-refractivity contribution in [2.24, 2.45) is 0 Å². The summed E-state index contributed by atoms with van der Waals surface area (Å²) in [6.45, 7) is -0.132. The van der Waals surface area contributed by atoms with E-state index in [1.54, 1.807) is 0 Å². The van der Waals surface area contributed by atoms with E-state index in [2.05, 4.69) is 11.3 Å². The van der Waals surface area contributed by atoms with E-state index in [9.17, 15) is 13.2 Å². The first kappa shape index (κ1) is 8.10. The topological polar surface area (TPSA) is 17.8 Å². The van der Waals surface area contributed by atoms with Crippen LogP contribution in [0.4, 0.5) is 13.2 Å². The quantitative estimate of drug-likeness (QED) is 0.648. The molecule has 1 aromatic heterocycles. The van der Waals surface area contributed by atoms with Gasteiger partial charge in [-0.1, -0.05) is 0 Å². The number of alkyl halides is 3. The monoisotopic (exact) mass is 163 g/mol. The van der Waals surface area contributed by atoms with E-state index in [0.717, 1.165) is 0 Å². The fourth-order valence-corrected chi connectivity index (χ4v) is 0.626. The van der Waals surface area contributed by atoms with Crippen molar-refractivity contribution in [3.05, 3.63) is 18.5 Å². The largest absolute Gasteiger partial charge is 0.390 e. The molecule has 0 amide bonds. The third-order valence-corrected chi connectivity index (χ3v) is 1.13. The van der Waals surface area contributed by atoms with E-state index in [4.69, 9.17) is 0 Å². The van der Waals surface area contributed by atoms with Crippen LogP contribution in [0.15, 0.2) is 12.3 Å². The van der Waals surface area contributed by atoms with Crippen molar-refractivity contribution in [3.63, 3.8) is 0 Å². The van der Waals surface area contributed by atoms with Crippen LogP contribution in [0.5, 0.6) is 0 Å². The van der Waals surface area contributed by atoms with Crippen LogP contribution in [0.2, 0.25) is 0 Å². The Bertz CT molecular complexity index is 202. The van der Waals surface area contributed by atoms with E-state index in [-0.39, 0.29) is 6.54 Å². The number of aryl methyl sites for hydroxylation is 1. The Morgan fingerprint density at radius 3 is 2.64 bits per heavy atom. The second-order valence-electron chi connectivity index (χ2n) is 2.07. The smallest absolute Gasteiger partial charge is 0.272 e. The molecule has 0 atom stereocenters. The van der Waals surface area contributed by atoms with E-state index >= 15 is 0 Å². The number of hydrogen-bond donors (Lipinski definition) is 0. The van der Waals surface area contributed by atoms with Crippen molar-refractivity contribution < 1.29 is 13.2 Å². The average molecular weight is 163 g/mol. The summed E-state index contributed by atoms with van der Waals surface area (Å²) in [4.78, 5) is 0. The van der Waals surface area contributed by atoms with Crippen LogP contribution >= 0.6 is 0 Å². The van der Waals surface area contributed by atoms with Crippen molar-refractivity contribution >= 4 is 0 Å². The van der Waals surface area contributed by atoms with Gasteiger partial charge in [-0.3, -0.25) is 4.68 Å². The Morgan fingerprint density at radius 1 is 1.45 bits per heavy atom. The number of halogens is 3. The molecule has 0 aromatic carbocycles. The minimum absolute atomic E-state index is 0.132. The van der Waals surface area contributed by atoms with Crippen molar-refractivity contribution in [2.45, 2.75) is 19.1 Å². The molecule has 0 aliphatic rings. The number of nitrogens with zero attached hydrogens (tertiary/aromatic N) is 2. The molecule has 0 aliphatic carbocycles. The van der Waals surface area contributed by atoms with Crippen LogP contribution in [0.3, 0.4) is 0 Å². The molecule has 0 fully saturated rings. The summed E-state index contributed by atoms with van der Waals surface area (Å²) in [6.07, 6.45) is -1.09. The molecule has 0 unspecified atom stereocenters. The number of rotatable bonds is 2. The van der Waals surface area contributed by atoms with Crippen LogP contribution in [-0.4, -0.2) is 16.0 Å². The second kappa shape index (κ2) is 2.94. The Labute approximate surface area is 61.6 Å². The minimum Gasteiger partial charge on any atom is -0.272 e. The molecule has 2 nitrogen and oxygen atoms in total. The lowest BCUT2D eigenvalue weighted by Crippen LogP contribution is -2.12. The van der Waals surface area contributed by atoms with Crippen LogP contribution in [0.1, 0.15) is 6.42 Å². The molecule has 11 heavy (non-hydrogen) atoms. The lowest BCUT2D eigenvalue weighted by molar-refractivity contribution is -0.137. The highest BCUT2D eigenvalue weighted by molar-refractivity contribution is 4.75. The maximum Gasteiger partial charge on any atom is 0.390 e. The number of hydrogen-bond acceptors (Lipinski definition) is 1. The van der Waals surface area contributed by atoms with E-state index in [0.29, 0.717) is 0 Å². The van der Waals surface area contributed by atoms with Crippen molar-refractivity contribution in [2.75, 3.05) is 0 Å². The van der Waals surface area contributed by atoms with Crippen LogP contribution in [-0.2, 0) is 6.54 Å². The molecular weight excluding hydrogens is 157 g/mol. The molecule has 1 rings (SSSR count). The molecule has 0 saturated heterocycles. The SMILES string of the molecule is FC(F)(F)CCn1cc[c]n1. The highest BCUT2D eigenvalue weighted by Crippen LogP contribution is 2.19. The molecule has 0 bridgehead atoms. The van der Waals surface area contributed by atoms with Gasteiger partial charge in [0.1, 0.15) is 6.20 Å². The summed E-state index contributed by atoms with van der Waals surface area (Å²) in [5.74, 6) is 0. The zero-order chi connectivity index (χ0) is 8.32. The molecule has 61 valence electrons. The molecule has 0 saturated carbocycles. The summed E-state index contributed by atoms with van der Waals surface area (Å²) < 4.78 is 36.0. The standard InChI is InChI=1S/C6H6F3N2/c7-6(8,9)2-5-11-4-1-3-10-11/h1,4H,2,5H2. The summed E-state index contributed by atoms with van der Waals surface area (Å²) in [6, 6.07) is 1.47. The summed E-state index contributed by atoms with van der Waals surface area (Å²) in [7, 11) is 0. The van der Waals surface area contributed by atoms with Gasteiger partial charge in [-0.2, -0.15) is 18.3 Å². The zero-order valence-electron chi connectivity index (χ0n) is 5.60. The van der Waals surface area contributed by atoms with Crippen molar-refractivity contribution in [1.29, 1.82) is 0 Å². The first-order chi connectivity index (χ1) is 5.08. The lowest BCUT2D eigenvalue weighted by atomic mass is 10.4. The third kappa shape index (κ3) is 3.06. The highest BCUT2D eigenvalue weighted by atomic mass is 19.4. The fraction of sp³-hybridized carbons (Fsp3) is 0.500. The fourth-order valence-electron chi connectivity index (χ4n) is 0.626. The molecule has 0 aliphatic heterocycles. The summed E-state index contributed by atoms with van der Waals surface area (Å²) >= 11 is 0. The average Bonchev–Trinajstić information content (AvgIpc) is 2.32. The van der Waals surface area contributed by atoms with Crippen molar-refractivity contribution in [3.8, 4) is 0 Å². The highest BCUT2D eigenvalue weighted by Gasteiger charge is 2.26. The van der Waals surface area contributed by atoms with Gasteiger partial charge in [0.25, 0.3) is 0 Å². The van der Waals surface area contributed by atoms with Gasteiger partial charge in [-0.15, -0.1) is 0 Å². The maximum atomic E-state index is 11.6. The van der Waals surface area contributed by atoms with Gasteiger partial charge in [0.2, 0.25) is 0 Å². The Kier molecular flexibility index (Phi) is 2.16. The molecule has 1 heterocycles. The Morgan fingerprint density at radius 2 is 2.18 bits per heavy atom. The Hall–Kier alpha value is -1.00. The molecule has 1 radical (unpaired) electrons. The summed E-state index contributed by atoms with van der Waals surface area (Å²) in [5, 5.41) is 3.51. The predicted molar refractivity (Wildman–Crippen MR) is 31.7 cm³/mol. The van der Waals surface area contributed by atoms with Gasteiger partial charge in [0, 0.05) is 12.7 Å². The van der Waals surface area contributed by atoms with E-state index in [1.807, 2.05) is 0 Å². The van der Waals surface area contributed by atoms with Crippen LogP contribution in [0, 0.1) is 6.20 Å². The second-order valence-corrected chi connectivity index (χ2v) is 2.07. The van der Waals surface area contributed by atoms with Gasteiger partial charge >= 0.3 is 6.18 Å². The third-order valence-electron chi connectivity index (χ3n) is 1.13. The van der Waals surface area contributed by atoms with Gasteiger partial charge in [0.05, 0.1) is 6.42 Å². The minimum atomic E-state index is -4.11. The zero-order valence-corrected chi connectivity index (χ0v) is 5.60. The van der Waals surface area contributed by atoms with Gasteiger partial charge < -0.3 is 0 Å². The van der Waals surface area contributed by atoms with E-state index < -0.39 is 12.6 Å². The van der Waals surface area contributed by atoms with Gasteiger partial charge in [0.15, 0.2) is 0 Å². The first-order valence-corrected chi connectivity index (χ1v) is 3.04. The Balaban J connectivity index is 2.35. The maximum absolute atomic E-state index is 11.6. The van der Waals surface area contributed by atoms with Crippen LogP contribution < -0.4 is 0 Å². The molecule has 1 aromatic rings. The summed E-state index contributed by atoms with van der Waals surface area (Å²) in [5.41, 5.74) is 0. The molecular formula is C6H6F3N2. The lowest BCUT2D eigenvalue weighted by Gasteiger charge is -2.04.